The highest BCUT2D eigenvalue weighted by atomic mass is 79.9. The molecule has 96 valence electrons. The summed E-state index contributed by atoms with van der Waals surface area (Å²) in [5, 5.41) is 7.71. The summed E-state index contributed by atoms with van der Waals surface area (Å²) in [5.41, 5.74) is 1.36. The van der Waals surface area contributed by atoms with Gasteiger partial charge in [-0.3, -0.25) is 0 Å². The van der Waals surface area contributed by atoms with E-state index in [2.05, 4.69) is 61.9 Å². The summed E-state index contributed by atoms with van der Waals surface area (Å²) < 4.78 is 0.833. The molecule has 18 heavy (non-hydrogen) atoms. The summed E-state index contributed by atoms with van der Waals surface area (Å²) in [6.07, 6.45) is 1.85. The van der Waals surface area contributed by atoms with Gasteiger partial charge in [-0.1, -0.05) is 6.92 Å². The monoisotopic (exact) mass is 325 g/mol. The molecule has 3 nitrogen and oxygen atoms in total. The summed E-state index contributed by atoms with van der Waals surface area (Å²) in [5.74, 6) is 1.74. The molecule has 0 radical (unpaired) electrons. The topological polar surface area (TPSA) is 37.8 Å². The van der Waals surface area contributed by atoms with Crippen LogP contribution in [0.1, 0.15) is 25.2 Å². The molecule has 0 aromatic carbocycles. The SMILES string of the molecule is CCc1nc(Br)cc(NC(C)Cc2ccsc2)n1. The van der Waals surface area contributed by atoms with E-state index in [1.807, 2.05) is 6.07 Å². The van der Waals surface area contributed by atoms with Crippen molar-refractivity contribution in [3.8, 4) is 0 Å². The molecule has 1 unspecified atom stereocenters. The number of nitrogens with one attached hydrogen (secondary N) is 1. The minimum atomic E-state index is 0.353. The van der Waals surface area contributed by atoms with Gasteiger partial charge in [0.2, 0.25) is 0 Å². The predicted octanol–water partition coefficient (Wildman–Crippen LogP) is 3.91. The Balaban J connectivity index is 2.02. The summed E-state index contributed by atoms with van der Waals surface area (Å²) in [4.78, 5) is 8.77. The second-order valence-electron chi connectivity index (χ2n) is 4.23. The first-order valence-electron chi connectivity index (χ1n) is 5.98. The lowest BCUT2D eigenvalue weighted by Gasteiger charge is -2.14. The zero-order valence-electron chi connectivity index (χ0n) is 10.5. The van der Waals surface area contributed by atoms with Gasteiger partial charge in [0.05, 0.1) is 0 Å². The van der Waals surface area contributed by atoms with Crippen LogP contribution in [0.15, 0.2) is 27.5 Å². The smallest absolute Gasteiger partial charge is 0.131 e. The second-order valence-corrected chi connectivity index (χ2v) is 5.82. The van der Waals surface area contributed by atoms with Crippen LogP contribution in [-0.4, -0.2) is 16.0 Å². The standard InChI is InChI=1S/C13H16BrN3S/c1-3-12-16-11(14)7-13(17-12)15-9(2)6-10-4-5-18-8-10/h4-5,7-9H,3,6H2,1-2H3,(H,15,16,17). The Morgan fingerprint density at radius 3 is 2.94 bits per heavy atom. The zero-order chi connectivity index (χ0) is 13.0. The van der Waals surface area contributed by atoms with Gasteiger partial charge in [0, 0.05) is 18.5 Å². The predicted molar refractivity (Wildman–Crippen MR) is 80.2 cm³/mol. The first-order valence-corrected chi connectivity index (χ1v) is 7.72. The summed E-state index contributed by atoms with van der Waals surface area (Å²) in [6.45, 7) is 4.22. The van der Waals surface area contributed by atoms with E-state index in [4.69, 9.17) is 0 Å². The molecule has 0 bridgehead atoms. The summed E-state index contributed by atoms with van der Waals surface area (Å²) >= 11 is 5.15. The number of aromatic nitrogens is 2. The first-order chi connectivity index (χ1) is 8.67. The van der Waals surface area contributed by atoms with Crippen molar-refractivity contribution in [1.29, 1.82) is 0 Å². The molecule has 2 rings (SSSR count). The van der Waals surface area contributed by atoms with E-state index in [0.717, 1.165) is 29.1 Å². The van der Waals surface area contributed by atoms with E-state index in [-0.39, 0.29) is 0 Å². The van der Waals surface area contributed by atoms with Gasteiger partial charge in [0.25, 0.3) is 0 Å². The number of nitrogens with zero attached hydrogens (tertiary/aromatic N) is 2. The molecular weight excluding hydrogens is 310 g/mol. The van der Waals surface area contributed by atoms with Gasteiger partial charge < -0.3 is 5.32 Å². The van der Waals surface area contributed by atoms with Gasteiger partial charge in [0.15, 0.2) is 0 Å². The minimum absolute atomic E-state index is 0.353. The van der Waals surface area contributed by atoms with Gasteiger partial charge in [0.1, 0.15) is 16.2 Å². The fourth-order valence-corrected chi connectivity index (χ4v) is 2.87. The molecule has 2 aromatic rings. The van der Waals surface area contributed by atoms with Crippen LogP contribution in [-0.2, 0) is 12.8 Å². The van der Waals surface area contributed by atoms with Crippen LogP contribution < -0.4 is 5.32 Å². The molecule has 0 aliphatic rings. The van der Waals surface area contributed by atoms with Gasteiger partial charge in [-0.25, -0.2) is 9.97 Å². The summed E-state index contributed by atoms with van der Waals surface area (Å²) in [7, 11) is 0. The number of anilines is 1. The van der Waals surface area contributed by atoms with Crippen molar-refractivity contribution in [2.75, 3.05) is 5.32 Å². The zero-order valence-corrected chi connectivity index (χ0v) is 12.9. The summed E-state index contributed by atoms with van der Waals surface area (Å²) in [6, 6.07) is 4.44. The average molecular weight is 326 g/mol. The number of halogens is 1. The lowest BCUT2D eigenvalue weighted by atomic mass is 10.1. The molecule has 0 saturated heterocycles. The van der Waals surface area contributed by atoms with E-state index in [9.17, 15) is 0 Å². The number of rotatable bonds is 5. The highest BCUT2D eigenvalue weighted by Gasteiger charge is 2.07. The third-order valence-electron chi connectivity index (χ3n) is 2.57. The van der Waals surface area contributed by atoms with Crippen molar-refractivity contribution >= 4 is 33.1 Å². The van der Waals surface area contributed by atoms with Gasteiger partial charge in [-0.15, -0.1) is 0 Å². The first kappa shape index (κ1) is 13.5. The second kappa shape index (κ2) is 6.29. The Hall–Kier alpha value is -0.940. The molecule has 0 saturated carbocycles. The largest absolute Gasteiger partial charge is 0.367 e. The maximum atomic E-state index is 4.47. The molecule has 0 aliphatic heterocycles. The number of thiophene rings is 1. The van der Waals surface area contributed by atoms with Crippen molar-refractivity contribution < 1.29 is 0 Å². The fraction of sp³-hybridized carbons (Fsp3) is 0.385. The molecule has 2 heterocycles. The molecule has 0 aliphatic carbocycles. The lowest BCUT2D eigenvalue weighted by molar-refractivity contribution is 0.780. The van der Waals surface area contributed by atoms with Crippen molar-refractivity contribution in [2.24, 2.45) is 0 Å². The molecule has 0 amide bonds. The van der Waals surface area contributed by atoms with Crippen LogP contribution in [0.3, 0.4) is 0 Å². The third kappa shape index (κ3) is 3.78. The Labute approximate surface area is 120 Å². The highest BCUT2D eigenvalue weighted by molar-refractivity contribution is 9.10. The molecule has 1 atom stereocenters. The van der Waals surface area contributed by atoms with Crippen molar-refractivity contribution in [2.45, 2.75) is 32.7 Å². The molecule has 1 N–H and O–H groups in total. The van der Waals surface area contributed by atoms with Crippen LogP contribution in [0.25, 0.3) is 0 Å². The van der Waals surface area contributed by atoms with E-state index in [1.54, 1.807) is 11.3 Å². The molecular formula is C13H16BrN3S. The lowest BCUT2D eigenvalue weighted by Crippen LogP contribution is -2.19. The maximum Gasteiger partial charge on any atom is 0.131 e. The Morgan fingerprint density at radius 2 is 2.28 bits per heavy atom. The van der Waals surface area contributed by atoms with Crippen molar-refractivity contribution in [3.05, 3.63) is 38.9 Å². The molecule has 0 fully saturated rings. The third-order valence-corrected chi connectivity index (χ3v) is 3.71. The van der Waals surface area contributed by atoms with E-state index in [1.165, 1.54) is 5.56 Å². The van der Waals surface area contributed by atoms with Crippen LogP contribution in [0, 0.1) is 0 Å². The Bertz CT molecular complexity index is 499. The quantitative estimate of drug-likeness (QED) is 0.847. The van der Waals surface area contributed by atoms with Crippen LogP contribution in [0.5, 0.6) is 0 Å². The van der Waals surface area contributed by atoms with Gasteiger partial charge >= 0.3 is 0 Å². The van der Waals surface area contributed by atoms with Crippen molar-refractivity contribution in [1.82, 2.24) is 9.97 Å². The number of aryl methyl sites for hydroxylation is 1. The maximum absolute atomic E-state index is 4.47. The van der Waals surface area contributed by atoms with E-state index < -0.39 is 0 Å². The fourth-order valence-electron chi connectivity index (χ4n) is 1.76. The van der Waals surface area contributed by atoms with Crippen molar-refractivity contribution in [3.63, 3.8) is 0 Å². The molecule has 5 heteroatoms. The highest BCUT2D eigenvalue weighted by Crippen LogP contribution is 2.15. The van der Waals surface area contributed by atoms with E-state index >= 15 is 0 Å². The average Bonchev–Trinajstić information content (AvgIpc) is 2.80. The van der Waals surface area contributed by atoms with Crippen LogP contribution in [0.2, 0.25) is 0 Å². The van der Waals surface area contributed by atoms with Crippen LogP contribution in [0.4, 0.5) is 5.82 Å². The van der Waals surface area contributed by atoms with Gasteiger partial charge in [-0.05, 0) is 51.7 Å². The molecule has 0 spiro atoms. The normalized spacial score (nSPS) is 12.4. The molecule has 2 aromatic heterocycles. The number of hydrogen-bond acceptors (Lipinski definition) is 4. The Morgan fingerprint density at radius 1 is 1.44 bits per heavy atom. The number of hydrogen-bond donors (Lipinski definition) is 1. The minimum Gasteiger partial charge on any atom is -0.367 e. The Kier molecular flexibility index (Phi) is 4.72. The van der Waals surface area contributed by atoms with Gasteiger partial charge in [-0.2, -0.15) is 11.3 Å². The van der Waals surface area contributed by atoms with Crippen LogP contribution >= 0.6 is 27.3 Å². The van der Waals surface area contributed by atoms with E-state index in [0.29, 0.717) is 6.04 Å².